The monoisotopic (exact) mass is 409 g/mol. The highest BCUT2D eigenvalue weighted by Gasteiger charge is 2.39. The van der Waals surface area contributed by atoms with E-state index in [9.17, 15) is 18.4 Å². The molecule has 0 aliphatic carbocycles. The van der Waals surface area contributed by atoms with Crippen molar-refractivity contribution in [2.24, 2.45) is 0 Å². The van der Waals surface area contributed by atoms with E-state index in [1.54, 1.807) is 25.7 Å². The molecule has 0 spiro atoms. The van der Waals surface area contributed by atoms with Crippen molar-refractivity contribution in [3.8, 4) is 0 Å². The number of amides is 2. The first-order chi connectivity index (χ1) is 13.7. The van der Waals surface area contributed by atoms with Gasteiger partial charge in [0.2, 0.25) is 5.91 Å². The average molecular weight is 409 g/mol. The number of anilines is 1. The molecule has 2 saturated heterocycles. The molecule has 1 unspecified atom stereocenters. The highest BCUT2D eigenvalue weighted by atomic mass is 19.1. The van der Waals surface area contributed by atoms with Crippen LogP contribution in [0.5, 0.6) is 0 Å². The van der Waals surface area contributed by atoms with E-state index < -0.39 is 29.4 Å². The Kier molecular flexibility index (Phi) is 6.29. The van der Waals surface area contributed by atoms with Crippen molar-refractivity contribution in [2.45, 2.75) is 51.7 Å². The summed E-state index contributed by atoms with van der Waals surface area (Å²) in [5.74, 6) is -1.30. The van der Waals surface area contributed by atoms with Crippen LogP contribution in [0.25, 0.3) is 0 Å². The number of hydrogen-bond acceptors (Lipinski definition) is 4. The number of carbonyl (C=O) groups is 2. The number of hydrogen-bond donors (Lipinski definition) is 0. The van der Waals surface area contributed by atoms with Gasteiger partial charge in [0.05, 0.1) is 5.69 Å². The Labute approximate surface area is 170 Å². The summed E-state index contributed by atoms with van der Waals surface area (Å²) in [6.07, 6.45) is 1.58. The van der Waals surface area contributed by atoms with Gasteiger partial charge in [0.1, 0.15) is 23.3 Å². The SMILES string of the molecule is CC(C)(C)OC(=O)N1CCCC1C(=O)N1CCCN(c2ccc(F)cc2F)CC1. The smallest absolute Gasteiger partial charge is 0.410 e. The van der Waals surface area contributed by atoms with Gasteiger partial charge in [0.25, 0.3) is 0 Å². The summed E-state index contributed by atoms with van der Waals surface area (Å²) < 4.78 is 32.8. The second kappa shape index (κ2) is 8.55. The number of likely N-dealkylation sites (tertiary alicyclic amines) is 1. The van der Waals surface area contributed by atoms with Crippen LogP contribution in [-0.2, 0) is 9.53 Å². The molecule has 0 saturated carbocycles. The third-order valence-corrected chi connectivity index (χ3v) is 5.22. The number of benzene rings is 1. The summed E-state index contributed by atoms with van der Waals surface area (Å²) in [4.78, 5) is 30.7. The minimum absolute atomic E-state index is 0.0882. The highest BCUT2D eigenvalue weighted by molar-refractivity contribution is 5.86. The maximum Gasteiger partial charge on any atom is 0.410 e. The Morgan fingerprint density at radius 3 is 2.48 bits per heavy atom. The number of carbonyl (C=O) groups excluding carboxylic acids is 2. The molecule has 1 aromatic rings. The summed E-state index contributed by atoms with van der Waals surface area (Å²) in [5.41, 5.74) is -0.271. The van der Waals surface area contributed by atoms with Gasteiger partial charge in [-0.25, -0.2) is 13.6 Å². The maximum atomic E-state index is 14.1. The maximum absolute atomic E-state index is 14.1. The fourth-order valence-corrected chi connectivity index (χ4v) is 3.89. The predicted molar refractivity (Wildman–Crippen MR) is 106 cm³/mol. The van der Waals surface area contributed by atoms with Gasteiger partial charge < -0.3 is 14.5 Å². The lowest BCUT2D eigenvalue weighted by molar-refractivity contribution is -0.135. The van der Waals surface area contributed by atoms with E-state index in [-0.39, 0.29) is 5.91 Å². The molecule has 8 heteroatoms. The molecule has 2 heterocycles. The minimum atomic E-state index is -0.615. The van der Waals surface area contributed by atoms with Crippen LogP contribution in [-0.4, -0.2) is 66.2 Å². The van der Waals surface area contributed by atoms with Crippen LogP contribution in [0, 0.1) is 11.6 Å². The molecule has 2 aliphatic rings. The molecular formula is C21H29F2N3O3. The van der Waals surface area contributed by atoms with Gasteiger partial charge in [-0.1, -0.05) is 0 Å². The molecule has 3 rings (SSSR count). The van der Waals surface area contributed by atoms with Crippen molar-refractivity contribution in [3.63, 3.8) is 0 Å². The van der Waals surface area contributed by atoms with Gasteiger partial charge in [0, 0.05) is 38.8 Å². The summed E-state index contributed by atoms with van der Waals surface area (Å²) in [6, 6.07) is 3.03. The summed E-state index contributed by atoms with van der Waals surface area (Å²) in [7, 11) is 0. The normalized spacial score (nSPS) is 20.6. The molecule has 2 aliphatic heterocycles. The number of halogens is 2. The quantitative estimate of drug-likeness (QED) is 0.751. The topological polar surface area (TPSA) is 53.1 Å². The largest absolute Gasteiger partial charge is 0.444 e. The van der Waals surface area contributed by atoms with Crippen LogP contribution in [0.1, 0.15) is 40.0 Å². The van der Waals surface area contributed by atoms with Gasteiger partial charge in [-0.3, -0.25) is 9.69 Å². The van der Waals surface area contributed by atoms with Crippen LogP contribution < -0.4 is 4.90 Å². The van der Waals surface area contributed by atoms with Gasteiger partial charge in [0.15, 0.2) is 0 Å². The molecule has 6 nitrogen and oxygen atoms in total. The number of rotatable bonds is 2. The zero-order valence-corrected chi connectivity index (χ0v) is 17.3. The van der Waals surface area contributed by atoms with Crippen molar-refractivity contribution >= 4 is 17.7 Å². The minimum Gasteiger partial charge on any atom is -0.444 e. The molecule has 29 heavy (non-hydrogen) atoms. The molecule has 0 bridgehead atoms. The summed E-state index contributed by atoms with van der Waals surface area (Å²) in [6.45, 7) is 7.90. The second-order valence-corrected chi connectivity index (χ2v) is 8.59. The summed E-state index contributed by atoms with van der Waals surface area (Å²) in [5, 5.41) is 0. The third kappa shape index (κ3) is 5.16. The zero-order chi connectivity index (χ0) is 21.2. The lowest BCUT2D eigenvalue weighted by Crippen LogP contribution is -2.49. The van der Waals surface area contributed by atoms with Crippen LogP contribution in [0.2, 0.25) is 0 Å². The fraction of sp³-hybridized carbons (Fsp3) is 0.619. The third-order valence-electron chi connectivity index (χ3n) is 5.22. The van der Waals surface area contributed by atoms with Gasteiger partial charge >= 0.3 is 6.09 Å². The lowest BCUT2D eigenvalue weighted by Gasteiger charge is -2.31. The average Bonchev–Trinajstić information content (AvgIpc) is 2.99. The predicted octanol–water partition coefficient (Wildman–Crippen LogP) is 3.40. The Morgan fingerprint density at radius 1 is 1.03 bits per heavy atom. The van der Waals surface area contributed by atoms with Gasteiger partial charge in [-0.15, -0.1) is 0 Å². The van der Waals surface area contributed by atoms with E-state index in [0.29, 0.717) is 51.3 Å². The van der Waals surface area contributed by atoms with Crippen LogP contribution in [0.4, 0.5) is 19.3 Å². The van der Waals surface area contributed by atoms with Crippen LogP contribution >= 0.6 is 0 Å². The highest BCUT2D eigenvalue weighted by Crippen LogP contribution is 2.25. The fourth-order valence-electron chi connectivity index (χ4n) is 3.89. The molecule has 1 aromatic carbocycles. The van der Waals surface area contributed by atoms with E-state index >= 15 is 0 Å². The Morgan fingerprint density at radius 2 is 1.79 bits per heavy atom. The molecule has 0 aromatic heterocycles. The van der Waals surface area contributed by atoms with Gasteiger partial charge in [-0.05, 0) is 52.2 Å². The van der Waals surface area contributed by atoms with E-state index in [1.165, 1.54) is 17.0 Å². The van der Waals surface area contributed by atoms with E-state index in [1.807, 2.05) is 4.90 Å². The molecular weight excluding hydrogens is 380 g/mol. The van der Waals surface area contributed by atoms with Crippen molar-refractivity contribution in [2.75, 3.05) is 37.6 Å². The second-order valence-electron chi connectivity index (χ2n) is 8.59. The standard InChI is InChI=1S/C21H29F2N3O3/c1-21(2,3)29-20(28)26-11-4-6-18(26)19(27)25-10-5-9-24(12-13-25)17-8-7-15(22)14-16(17)23/h7-8,14,18H,4-6,9-13H2,1-3H3. The molecule has 0 N–H and O–H groups in total. The zero-order valence-electron chi connectivity index (χ0n) is 17.3. The van der Waals surface area contributed by atoms with Crippen molar-refractivity contribution in [3.05, 3.63) is 29.8 Å². The first kappa shape index (κ1) is 21.3. The Hall–Kier alpha value is -2.38. The Balaban J connectivity index is 1.65. The first-order valence-electron chi connectivity index (χ1n) is 10.1. The van der Waals surface area contributed by atoms with Crippen LogP contribution in [0.15, 0.2) is 18.2 Å². The molecule has 1 atom stereocenters. The number of ether oxygens (including phenoxy) is 1. The molecule has 0 radical (unpaired) electrons. The first-order valence-corrected chi connectivity index (χ1v) is 10.1. The van der Waals surface area contributed by atoms with Crippen molar-refractivity contribution in [1.82, 2.24) is 9.80 Å². The van der Waals surface area contributed by atoms with Crippen molar-refractivity contribution in [1.29, 1.82) is 0 Å². The van der Waals surface area contributed by atoms with Crippen LogP contribution in [0.3, 0.4) is 0 Å². The molecule has 160 valence electrons. The lowest BCUT2D eigenvalue weighted by atomic mass is 10.2. The van der Waals surface area contributed by atoms with Crippen molar-refractivity contribution < 1.29 is 23.1 Å². The van der Waals surface area contributed by atoms with Gasteiger partial charge in [-0.2, -0.15) is 0 Å². The Bertz CT molecular complexity index is 766. The molecule has 2 amide bonds. The van der Waals surface area contributed by atoms with E-state index in [4.69, 9.17) is 4.74 Å². The van der Waals surface area contributed by atoms with E-state index in [2.05, 4.69) is 0 Å². The summed E-state index contributed by atoms with van der Waals surface area (Å²) >= 11 is 0. The molecule has 2 fully saturated rings. The number of nitrogens with zero attached hydrogens (tertiary/aromatic N) is 3. The van der Waals surface area contributed by atoms with E-state index in [0.717, 1.165) is 12.5 Å².